The van der Waals surface area contributed by atoms with E-state index in [-0.39, 0.29) is 25.0 Å². The Hall–Kier alpha value is -3.02. The predicted molar refractivity (Wildman–Crippen MR) is 102 cm³/mol. The van der Waals surface area contributed by atoms with Crippen LogP contribution in [0, 0.1) is 13.8 Å². The van der Waals surface area contributed by atoms with Gasteiger partial charge < -0.3 is 19.9 Å². The van der Waals surface area contributed by atoms with Gasteiger partial charge in [0.2, 0.25) is 5.91 Å². The van der Waals surface area contributed by atoms with Crippen LogP contribution in [0.25, 0.3) is 0 Å². The van der Waals surface area contributed by atoms with Crippen molar-refractivity contribution in [1.82, 2.24) is 5.32 Å². The molecule has 0 saturated heterocycles. The van der Waals surface area contributed by atoms with Gasteiger partial charge >= 0.3 is 5.97 Å². The lowest BCUT2D eigenvalue weighted by Gasteiger charge is -2.15. The van der Waals surface area contributed by atoms with Crippen molar-refractivity contribution < 1.29 is 24.2 Å². The molecule has 1 atom stereocenters. The molecular formula is C21H25NO5. The summed E-state index contributed by atoms with van der Waals surface area (Å²) in [4.78, 5) is 22.6. The minimum atomic E-state index is -1.03. The first kappa shape index (κ1) is 20.3. The minimum Gasteiger partial charge on any atom is -0.493 e. The zero-order valence-electron chi connectivity index (χ0n) is 15.8. The molecule has 0 aromatic heterocycles. The molecule has 27 heavy (non-hydrogen) atoms. The molecular weight excluding hydrogens is 346 g/mol. The van der Waals surface area contributed by atoms with E-state index in [0.717, 1.165) is 16.9 Å². The van der Waals surface area contributed by atoms with Gasteiger partial charge in [-0.25, -0.2) is 4.79 Å². The summed E-state index contributed by atoms with van der Waals surface area (Å²) in [5.41, 5.74) is 3.13. The molecule has 6 heteroatoms. The first-order valence-electron chi connectivity index (χ1n) is 8.79. The number of aliphatic carboxylic acids is 1. The Balaban J connectivity index is 1.78. The number of aryl methyl sites for hydroxylation is 2. The molecule has 0 heterocycles. The lowest BCUT2D eigenvalue weighted by molar-refractivity contribution is -0.139. The van der Waals surface area contributed by atoms with Gasteiger partial charge in [0.1, 0.15) is 11.5 Å². The van der Waals surface area contributed by atoms with Crippen LogP contribution >= 0.6 is 0 Å². The number of carbonyl (C=O) groups excluding carboxylic acids is 1. The highest BCUT2D eigenvalue weighted by molar-refractivity contribution is 5.76. The van der Waals surface area contributed by atoms with Crippen molar-refractivity contribution in [2.24, 2.45) is 0 Å². The Labute approximate surface area is 159 Å². The molecule has 0 bridgehead atoms. The molecule has 6 nitrogen and oxygen atoms in total. The molecule has 0 radical (unpaired) electrons. The fourth-order valence-electron chi connectivity index (χ4n) is 2.61. The molecule has 0 fully saturated rings. The van der Waals surface area contributed by atoms with E-state index in [1.165, 1.54) is 5.56 Å². The molecule has 0 aliphatic heterocycles. The molecule has 0 spiro atoms. The Morgan fingerprint density at radius 1 is 1.07 bits per heavy atom. The maximum Gasteiger partial charge on any atom is 0.341 e. The van der Waals surface area contributed by atoms with Crippen molar-refractivity contribution in [1.29, 1.82) is 0 Å². The smallest absolute Gasteiger partial charge is 0.341 e. The van der Waals surface area contributed by atoms with Gasteiger partial charge in [-0.2, -0.15) is 0 Å². The monoisotopic (exact) mass is 371 g/mol. The summed E-state index contributed by atoms with van der Waals surface area (Å²) < 4.78 is 10.8. The maximum atomic E-state index is 12.1. The molecule has 0 aliphatic rings. The largest absolute Gasteiger partial charge is 0.493 e. The number of nitrogens with one attached hydrogen (secondary N) is 1. The molecule has 1 unspecified atom stereocenters. The zero-order chi connectivity index (χ0) is 19.8. The summed E-state index contributed by atoms with van der Waals surface area (Å²) in [6.45, 7) is 5.82. The van der Waals surface area contributed by atoms with Gasteiger partial charge in [0.05, 0.1) is 19.1 Å². The van der Waals surface area contributed by atoms with Crippen molar-refractivity contribution in [2.75, 3.05) is 13.2 Å². The van der Waals surface area contributed by atoms with Gasteiger partial charge in [0.25, 0.3) is 0 Å². The van der Waals surface area contributed by atoms with Crippen LogP contribution in [0.1, 0.15) is 36.1 Å². The van der Waals surface area contributed by atoms with Crippen LogP contribution in [-0.2, 0) is 9.59 Å². The fourth-order valence-corrected chi connectivity index (χ4v) is 2.61. The van der Waals surface area contributed by atoms with Crippen molar-refractivity contribution in [3.8, 4) is 11.5 Å². The molecule has 144 valence electrons. The van der Waals surface area contributed by atoms with Gasteiger partial charge in [0, 0.05) is 0 Å². The van der Waals surface area contributed by atoms with E-state index < -0.39 is 5.97 Å². The second-order valence-corrected chi connectivity index (χ2v) is 6.41. The molecule has 2 aromatic carbocycles. The Kier molecular flexibility index (Phi) is 7.23. The summed E-state index contributed by atoms with van der Waals surface area (Å²) in [7, 11) is 0. The average Bonchev–Trinajstić information content (AvgIpc) is 2.62. The highest BCUT2D eigenvalue weighted by Gasteiger charge is 2.10. The van der Waals surface area contributed by atoms with Crippen LogP contribution in [0.3, 0.4) is 0 Å². The Morgan fingerprint density at radius 3 is 2.41 bits per heavy atom. The van der Waals surface area contributed by atoms with Crippen LogP contribution in [0.2, 0.25) is 0 Å². The summed E-state index contributed by atoms with van der Waals surface area (Å²) in [5.74, 6) is 0.140. The Morgan fingerprint density at radius 2 is 1.78 bits per heavy atom. The highest BCUT2D eigenvalue weighted by Crippen LogP contribution is 2.19. The van der Waals surface area contributed by atoms with Gasteiger partial charge in [-0.3, -0.25) is 4.79 Å². The number of benzene rings is 2. The SMILES string of the molecule is Cc1ccc(OCCC(=O)NC(C)c2ccc(OCC(=O)O)cc2)c(C)c1. The van der Waals surface area contributed by atoms with E-state index in [2.05, 4.69) is 5.32 Å². The number of ether oxygens (including phenoxy) is 2. The van der Waals surface area contributed by atoms with Crippen molar-refractivity contribution in [2.45, 2.75) is 33.2 Å². The highest BCUT2D eigenvalue weighted by atomic mass is 16.5. The minimum absolute atomic E-state index is 0.0986. The lowest BCUT2D eigenvalue weighted by atomic mass is 10.1. The second kappa shape index (κ2) is 9.62. The van der Waals surface area contributed by atoms with Crippen molar-refractivity contribution >= 4 is 11.9 Å². The van der Waals surface area contributed by atoms with Crippen molar-refractivity contribution in [3.63, 3.8) is 0 Å². The van der Waals surface area contributed by atoms with Gasteiger partial charge in [0.15, 0.2) is 6.61 Å². The number of carboxylic acid groups (broad SMARTS) is 1. The third-order valence-corrected chi connectivity index (χ3v) is 4.04. The van der Waals surface area contributed by atoms with Crippen LogP contribution in [0.15, 0.2) is 42.5 Å². The normalized spacial score (nSPS) is 11.5. The third-order valence-electron chi connectivity index (χ3n) is 4.04. The Bertz CT molecular complexity index is 786. The molecule has 2 N–H and O–H groups in total. The van der Waals surface area contributed by atoms with E-state index in [1.54, 1.807) is 24.3 Å². The number of hydrogen-bond acceptors (Lipinski definition) is 4. The number of hydrogen-bond donors (Lipinski definition) is 2. The predicted octanol–water partition coefficient (Wildman–Crippen LogP) is 3.41. The van der Waals surface area contributed by atoms with Gasteiger partial charge in [-0.1, -0.05) is 29.8 Å². The molecule has 1 amide bonds. The van der Waals surface area contributed by atoms with Crippen LogP contribution in [-0.4, -0.2) is 30.2 Å². The van der Waals surface area contributed by atoms with Crippen LogP contribution < -0.4 is 14.8 Å². The zero-order valence-corrected chi connectivity index (χ0v) is 15.8. The standard InChI is InChI=1S/C21H25NO5/c1-14-4-9-19(15(2)12-14)26-11-10-20(23)22-16(3)17-5-7-18(8-6-17)27-13-21(24)25/h4-9,12,16H,10-11,13H2,1-3H3,(H,22,23)(H,24,25). The number of rotatable bonds is 9. The maximum absolute atomic E-state index is 12.1. The topological polar surface area (TPSA) is 84.9 Å². The quantitative estimate of drug-likeness (QED) is 0.706. The van der Waals surface area contributed by atoms with E-state index >= 15 is 0 Å². The third kappa shape index (κ3) is 6.66. The summed E-state index contributed by atoms with van der Waals surface area (Å²) in [6.07, 6.45) is 0.261. The van der Waals surface area contributed by atoms with E-state index in [4.69, 9.17) is 14.6 Å². The summed E-state index contributed by atoms with van der Waals surface area (Å²) >= 11 is 0. The first-order chi connectivity index (χ1) is 12.8. The van der Waals surface area contributed by atoms with Crippen molar-refractivity contribution in [3.05, 3.63) is 59.2 Å². The number of carboxylic acids is 1. The van der Waals surface area contributed by atoms with E-state index in [1.807, 2.05) is 39.0 Å². The number of amides is 1. The summed E-state index contributed by atoms with van der Waals surface area (Å²) in [6, 6.07) is 12.7. The molecule has 0 aliphatic carbocycles. The number of carbonyl (C=O) groups is 2. The van der Waals surface area contributed by atoms with E-state index in [9.17, 15) is 9.59 Å². The second-order valence-electron chi connectivity index (χ2n) is 6.41. The lowest BCUT2D eigenvalue weighted by Crippen LogP contribution is -2.27. The summed E-state index contributed by atoms with van der Waals surface area (Å²) in [5, 5.41) is 11.5. The fraction of sp³-hybridized carbons (Fsp3) is 0.333. The van der Waals surface area contributed by atoms with E-state index in [0.29, 0.717) is 12.4 Å². The molecule has 2 aromatic rings. The van der Waals surface area contributed by atoms with Crippen LogP contribution in [0.5, 0.6) is 11.5 Å². The molecule has 0 saturated carbocycles. The first-order valence-corrected chi connectivity index (χ1v) is 8.79. The van der Waals surface area contributed by atoms with Gasteiger partial charge in [-0.05, 0) is 50.1 Å². The van der Waals surface area contributed by atoms with Crippen LogP contribution in [0.4, 0.5) is 0 Å². The average molecular weight is 371 g/mol. The van der Waals surface area contributed by atoms with Gasteiger partial charge in [-0.15, -0.1) is 0 Å². The molecule has 2 rings (SSSR count).